The van der Waals surface area contributed by atoms with Gasteiger partial charge in [0.05, 0.1) is 6.61 Å². The van der Waals surface area contributed by atoms with Crippen LogP contribution in [0.5, 0.6) is 0 Å². The molecule has 0 rings (SSSR count). The minimum atomic E-state index is 0.177. The van der Waals surface area contributed by atoms with Crippen LogP contribution in [0.4, 0.5) is 0 Å². The highest BCUT2D eigenvalue weighted by Crippen LogP contribution is 2.38. The Morgan fingerprint density at radius 2 is 1.45 bits per heavy atom. The molecule has 0 saturated heterocycles. The number of hydrogen-bond acceptors (Lipinski definition) is 2. The highest BCUT2D eigenvalue weighted by atomic mass is 16.5. The molecular weight excluding hydrogens is 272 g/mol. The van der Waals surface area contributed by atoms with E-state index in [1.807, 2.05) is 0 Å². The highest BCUT2D eigenvalue weighted by molar-refractivity contribution is 5.82. The van der Waals surface area contributed by atoms with E-state index in [0.717, 1.165) is 19.4 Å². The normalized spacial score (nSPS) is 12.6. The van der Waals surface area contributed by atoms with Crippen molar-refractivity contribution in [1.82, 2.24) is 0 Å². The minimum Gasteiger partial charge on any atom is -0.373 e. The molecule has 0 aliphatic carbocycles. The Balaban J connectivity index is 4.71. The van der Waals surface area contributed by atoms with E-state index in [-0.39, 0.29) is 17.1 Å². The third-order valence-electron chi connectivity index (χ3n) is 4.56. The number of ketones is 1. The summed E-state index contributed by atoms with van der Waals surface area (Å²) in [6.07, 6.45) is 6.62. The lowest BCUT2D eigenvalue weighted by atomic mass is 9.72. The van der Waals surface area contributed by atoms with Gasteiger partial charge in [-0.05, 0) is 49.4 Å². The molecule has 0 aromatic heterocycles. The number of carbonyl (C=O) groups excluding carboxylic acids is 1. The van der Waals surface area contributed by atoms with Gasteiger partial charge in [-0.25, -0.2) is 0 Å². The van der Waals surface area contributed by atoms with Crippen molar-refractivity contribution in [3.8, 4) is 0 Å². The Kier molecular flexibility index (Phi) is 11.0. The molecule has 0 N–H and O–H groups in total. The third kappa shape index (κ3) is 8.31. The largest absolute Gasteiger partial charge is 0.373 e. The van der Waals surface area contributed by atoms with Crippen LogP contribution in [-0.4, -0.2) is 19.0 Å². The monoisotopic (exact) mass is 312 g/mol. The number of carbonyl (C=O) groups is 1. The molecule has 0 atom stereocenters. The molecule has 22 heavy (non-hydrogen) atoms. The lowest BCUT2D eigenvalue weighted by molar-refractivity contribution is -0.129. The maximum absolute atomic E-state index is 12.2. The van der Waals surface area contributed by atoms with E-state index in [4.69, 9.17) is 4.74 Å². The molecule has 0 radical (unpaired) electrons. The van der Waals surface area contributed by atoms with Gasteiger partial charge in [-0.3, -0.25) is 4.79 Å². The molecule has 2 heteroatoms. The third-order valence-corrected chi connectivity index (χ3v) is 4.56. The number of Topliss-reactive ketones (excluding diaryl/α,β-unsaturated/α-hetero) is 1. The first-order chi connectivity index (χ1) is 10.3. The van der Waals surface area contributed by atoms with Gasteiger partial charge in [-0.1, -0.05) is 54.9 Å². The van der Waals surface area contributed by atoms with Gasteiger partial charge >= 0.3 is 0 Å². The summed E-state index contributed by atoms with van der Waals surface area (Å²) in [6, 6.07) is 0. The molecule has 0 aromatic rings. The average molecular weight is 313 g/mol. The van der Waals surface area contributed by atoms with Gasteiger partial charge < -0.3 is 4.74 Å². The van der Waals surface area contributed by atoms with Crippen molar-refractivity contribution in [3.05, 3.63) is 0 Å². The molecule has 0 aliphatic rings. The van der Waals surface area contributed by atoms with Crippen molar-refractivity contribution in [3.63, 3.8) is 0 Å². The Bertz CT molecular complexity index is 280. The molecule has 2 nitrogen and oxygen atoms in total. The van der Waals surface area contributed by atoms with Crippen LogP contribution in [0.1, 0.15) is 87.0 Å². The molecule has 0 aromatic carbocycles. The summed E-state index contributed by atoms with van der Waals surface area (Å²) in [6.45, 7) is 16.6. The molecule has 0 bridgehead atoms. The summed E-state index contributed by atoms with van der Waals surface area (Å²) in [5.74, 6) is 1.80. The average Bonchev–Trinajstić information content (AvgIpc) is 2.38. The molecule has 0 heterocycles. The first kappa shape index (κ1) is 21.6. The fourth-order valence-corrected chi connectivity index (χ4v) is 3.97. The van der Waals surface area contributed by atoms with Gasteiger partial charge in [0.25, 0.3) is 0 Å². The molecule has 0 amide bonds. The smallest absolute Gasteiger partial charge is 0.161 e. The lowest BCUT2D eigenvalue weighted by Crippen LogP contribution is -2.32. The van der Waals surface area contributed by atoms with E-state index in [2.05, 4.69) is 48.5 Å². The molecule has 0 fully saturated rings. The molecule has 0 aliphatic heterocycles. The Morgan fingerprint density at radius 1 is 0.955 bits per heavy atom. The fraction of sp³-hybridized carbons (Fsp3) is 0.950. The molecule has 0 unspecified atom stereocenters. The van der Waals surface area contributed by atoms with Crippen LogP contribution in [0.25, 0.3) is 0 Å². The fourth-order valence-electron chi connectivity index (χ4n) is 3.97. The van der Waals surface area contributed by atoms with Gasteiger partial charge in [0.15, 0.2) is 5.78 Å². The predicted molar refractivity (Wildman–Crippen MR) is 96.1 cm³/mol. The summed E-state index contributed by atoms with van der Waals surface area (Å²) in [5, 5.41) is 0. The molecular formula is C20H40O2. The second-order valence-corrected chi connectivity index (χ2v) is 7.92. The van der Waals surface area contributed by atoms with E-state index in [1.54, 1.807) is 0 Å². The number of rotatable bonds is 13. The molecule has 132 valence electrons. The summed E-state index contributed by atoms with van der Waals surface area (Å²) < 4.78 is 5.95. The predicted octanol–water partition coefficient (Wildman–Crippen LogP) is 5.89. The Labute approximate surface area is 139 Å². The lowest BCUT2D eigenvalue weighted by Gasteiger charge is -2.37. The quantitative estimate of drug-likeness (QED) is 0.424. The number of hydrogen-bond donors (Lipinski definition) is 0. The van der Waals surface area contributed by atoms with Gasteiger partial charge in [-0.15, -0.1) is 0 Å². The molecule has 0 spiro atoms. The Morgan fingerprint density at radius 3 is 1.82 bits per heavy atom. The zero-order chi connectivity index (χ0) is 17.2. The first-order valence-electron chi connectivity index (χ1n) is 9.40. The summed E-state index contributed by atoms with van der Waals surface area (Å²) in [4.78, 5) is 12.2. The first-order valence-corrected chi connectivity index (χ1v) is 9.40. The van der Waals surface area contributed by atoms with E-state index in [0.29, 0.717) is 18.4 Å². The minimum absolute atomic E-state index is 0.177. The van der Waals surface area contributed by atoms with Crippen molar-refractivity contribution in [1.29, 1.82) is 0 Å². The van der Waals surface area contributed by atoms with Gasteiger partial charge in [0.1, 0.15) is 6.61 Å². The summed E-state index contributed by atoms with van der Waals surface area (Å²) in [7, 11) is 0. The van der Waals surface area contributed by atoms with Gasteiger partial charge in [-0.2, -0.15) is 0 Å². The summed E-state index contributed by atoms with van der Waals surface area (Å²) in [5.41, 5.74) is 0.241. The van der Waals surface area contributed by atoms with E-state index in [1.165, 1.54) is 25.7 Å². The van der Waals surface area contributed by atoms with Crippen molar-refractivity contribution < 1.29 is 9.53 Å². The van der Waals surface area contributed by atoms with Crippen LogP contribution in [0.15, 0.2) is 0 Å². The van der Waals surface area contributed by atoms with Gasteiger partial charge in [0.2, 0.25) is 0 Å². The van der Waals surface area contributed by atoms with Crippen molar-refractivity contribution in [2.24, 2.45) is 23.2 Å². The van der Waals surface area contributed by atoms with Crippen molar-refractivity contribution in [2.75, 3.05) is 13.2 Å². The van der Waals surface area contributed by atoms with Crippen LogP contribution >= 0.6 is 0 Å². The van der Waals surface area contributed by atoms with Crippen molar-refractivity contribution in [2.45, 2.75) is 87.0 Å². The van der Waals surface area contributed by atoms with Crippen LogP contribution < -0.4 is 0 Å². The van der Waals surface area contributed by atoms with Crippen LogP contribution in [-0.2, 0) is 9.53 Å². The maximum Gasteiger partial charge on any atom is 0.161 e. The Hall–Kier alpha value is -0.370. The maximum atomic E-state index is 12.2. The zero-order valence-corrected chi connectivity index (χ0v) is 16.2. The van der Waals surface area contributed by atoms with E-state index < -0.39 is 0 Å². The summed E-state index contributed by atoms with van der Waals surface area (Å²) >= 11 is 0. The van der Waals surface area contributed by atoms with E-state index >= 15 is 0 Å². The van der Waals surface area contributed by atoms with E-state index in [9.17, 15) is 4.79 Å². The van der Waals surface area contributed by atoms with Crippen LogP contribution in [0, 0.1) is 23.2 Å². The number of ether oxygens (including phenoxy) is 1. The second-order valence-electron chi connectivity index (χ2n) is 7.92. The van der Waals surface area contributed by atoms with Crippen molar-refractivity contribution >= 4 is 5.78 Å². The zero-order valence-electron chi connectivity index (χ0n) is 16.2. The standard InChI is InChI=1S/C20H40O2/c1-8-11-20(12-16(4)5,13-17(6)7)15-22-14-19(21)18(9-2)10-3/h16-18H,8-15H2,1-7H3. The van der Waals surface area contributed by atoms with Gasteiger partial charge in [0, 0.05) is 5.92 Å². The molecule has 0 saturated carbocycles. The van der Waals surface area contributed by atoms with Crippen LogP contribution in [0.3, 0.4) is 0 Å². The topological polar surface area (TPSA) is 26.3 Å². The second kappa shape index (κ2) is 11.2. The SMILES string of the molecule is CCCC(COCC(=O)C(CC)CC)(CC(C)C)CC(C)C. The van der Waals surface area contributed by atoms with Crippen LogP contribution in [0.2, 0.25) is 0 Å². The highest BCUT2D eigenvalue weighted by Gasteiger charge is 2.31.